The Hall–Kier alpha value is -4.40. The minimum absolute atomic E-state index is 0.0575. The van der Waals surface area contributed by atoms with Crippen LogP contribution in [0.5, 0.6) is 11.5 Å². The zero-order chi connectivity index (χ0) is 28.4. The third kappa shape index (κ3) is 5.64. The quantitative estimate of drug-likeness (QED) is 0.417. The Labute approximate surface area is 232 Å². The number of nitrogens with zero attached hydrogens (tertiary/aromatic N) is 1. The number of allylic oxidation sites excluding steroid dienone is 1. The first-order valence-corrected chi connectivity index (χ1v) is 13.3. The van der Waals surface area contributed by atoms with Gasteiger partial charge in [-0.2, -0.15) is 0 Å². The summed E-state index contributed by atoms with van der Waals surface area (Å²) in [6, 6.07) is 13.2. The molecule has 9 nitrogen and oxygen atoms in total. The predicted molar refractivity (Wildman–Crippen MR) is 149 cm³/mol. The standard InChI is InChI=1S/C31H32N2O7/c1-5-37-30(36)33-26(34)16-38-29(35)27-21-8-6-7-9-23(21)32-28-19(14-20(15-22(27)28)31(2,3)4)12-18-10-11-24-25(13-18)40-17-39-24/h6-13,20H,5,14-17H2,1-4H3,(H,33,34,36)/b19-12-. The van der Waals surface area contributed by atoms with Crippen molar-refractivity contribution in [1.29, 1.82) is 0 Å². The Bertz CT molecular complexity index is 1520. The molecule has 1 aliphatic carbocycles. The third-order valence-electron chi connectivity index (χ3n) is 7.23. The second-order valence-electron chi connectivity index (χ2n) is 10.9. The van der Waals surface area contributed by atoms with E-state index in [1.54, 1.807) is 6.92 Å². The fraction of sp³-hybridized carbons (Fsp3) is 0.355. The number of alkyl carbamates (subject to hydrolysis) is 1. The minimum atomic E-state index is -0.887. The number of esters is 1. The lowest BCUT2D eigenvalue weighted by Crippen LogP contribution is -2.35. The number of amides is 2. The molecule has 0 spiro atoms. The maximum atomic E-state index is 13.6. The van der Waals surface area contributed by atoms with Crippen LogP contribution in [0.25, 0.3) is 22.6 Å². The number of ether oxygens (including phenoxy) is 4. The van der Waals surface area contributed by atoms with E-state index in [4.69, 9.17) is 23.9 Å². The molecule has 0 saturated carbocycles. The van der Waals surface area contributed by atoms with E-state index < -0.39 is 24.6 Å². The number of benzene rings is 2. The molecule has 0 saturated heterocycles. The topological polar surface area (TPSA) is 113 Å². The van der Waals surface area contributed by atoms with Crippen LogP contribution >= 0.6 is 0 Å². The Morgan fingerprint density at radius 2 is 1.82 bits per heavy atom. The van der Waals surface area contributed by atoms with Crippen LogP contribution in [-0.4, -0.2) is 43.0 Å². The van der Waals surface area contributed by atoms with Gasteiger partial charge in [0, 0.05) is 5.39 Å². The number of aromatic nitrogens is 1. The van der Waals surface area contributed by atoms with Gasteiger partial charge in [0.1, 0.15) is 0 Å². The third-order valence-corrected chi connectivity index (χ3v) is 7.23. The Morgan fingerprint density at radius 3 is 2.60 bits per heavy atom. The van der Waals surface area contributed by atoms with Crippen molar-refractivity contribution in [3.05, 3.63) is 64.8 Å². The monoisotopic (exact) mass is 544 g/mol. The first kappa shape index (κ1) is 27.2. The Kier molecular flexibility index (Phi) is 7.47. The number of imide groups is 1. The van der Waals surface area contributed by atoms with Crippen LogP contribution in [0.4, 0.5) is 4.79 Å². The number of hydrogen-bond donors (Lipinski definition) is 1. The van der Waals surface area contributed by atoms with Crippen LogP contribution in [0.2, 0.25) is 0 Å². The smallest absolute Gasteiger partial charge is 0.413 e. The zero-order valence-electron chi connectivity index (χ0n) is 23.0. The van der Waals surface area contributed by atoms with E-state index >= 15 is 0 Å². The summed E-state index contributed by atoms with van der Waals surface area (Å²) >= 11 is 0. The number of pyridine rings is 1. The van der Waals surface area contributed by atoms with E-state index in [1.165, 1.54) is 0 Å². The number of carbonyl (C=O) groups is 3. The van der Waals surface area contributed by atoms with E-state index in [9.17, 15) is 14.4 Å². The molecule has 0 radical (unpaired) electrons. The second-order valence-corrected chi connectivity index (χ2v) is 10.9. The molecule has 208 valence electrons. The van der Waals surface area contributed by atoms with Crippen LogP contribution < -0.4 is 14.8 Å². The predicted octanol–water partition coefficient (Wildman–Crippen LogP) is 5.54. The first-order chi connectivity index (χ1) is 19.1. The van der Waals surface area contributed by atoms with Crippen LogP contribution in [0.1, 0.15) is 61.3 Å². The van der Waals surface area contributed by atoms with Gasteiger partial charge in [-0.05, 0) is 72.1 Å². The van der Waals surface area contributed by atoms with Gasteiger partial charge >= 0.3 is 12.1 Å². The zero-order valence-corrected chi connectivity index (χ0v) is 23.0. The molecule has 2 heterocycles. The van der Waals surface area contributed by atoms with E-state index in [0.29, 0.717) is 34.4 Å². The summed E-state index contributed by atoms with van der Waals surface area (Å²) in [5.74, 6) is 0.192. The fourth-order valence-electron chi connectivity index (χ4n) is 5.09. The number of nitrogens with one attached hydrogen (secondary N) is 1. The minimum Gasteiger partial charge on any atom is -0.454 e. The number of hydrogen-bond acceptors (Lipinski definition) is 8. The molecule has 1 aliphatic heterocycles. The summed E-state index contributed by atoms with van der Waals surface area (Å²) in [7, 11) is 0. The summed E-state index contributed by atoms with van der Waals surface area (Å²) < 4.78 is 21.2. The van der Waals surface area contributed by atoms with Crippen LogP contribution in [-0.2, 0) is 20.7 Å². The molecule has 2 aliphatic rings. The lowest BCUT2D eigenvalue weighted by molar-refractivity contribution is -0.123. The molecule has 2 amide bonds. The maximum absolute atomic E-state index is 13.6. The molecular formula is C31H32N2O7. The van der Waals surface area contributed by atoms with E-state index in [2.05, 4.69) is 26.8 Å². The molecule has 40 heavy (non-hydrogen) atoms. The van der Waals surface area contributed by atoms with Crippen LogP contribution in [0, 0.1) is 11.3 Å². The van der Waals surface area contributed by atoms with E-state index in [0.717, 1.165) is 28.8 Å². The second kappa shape index (κ2) is 11.0. The van der Waals surface area contributed by atoms with Gasteiger partial charge in [-0.1, -0.05) is 45.0 Å². The number of carbonyl (C=O) groups excluding carboxylic acids is 3. The van der Waals surface area contributed by atoms with Crippen molar-refractivity contribution in [3.8, 4) is 11.5 Å². The molecule has 3 aromatic rings. The molecule has 1 unspecified atom stereocenters. The van der Waals surface area contributed by atoms with Crippen molar-refractivity contribution in [2.75, 3.05) is 20.0 Å². The highest BCUT2D eigenvalue weighted by Gasteiger charge is 2.35. The summed E-state index contributed by atoms with van der Waals surface area (Å²) in [5, 5.41) is 2.70. The molecule has 0 bridgehead atoms. The maximum Gasteiger partial charge on any atom is 0.413 e. The molecule has 9 heteroatoms. The highest BCUT2D eigenvalue weighted by atomic mass is 16.7. The van der Waals surface area contributed by atoms with Gasteiger partial charge in [-0.3, -0.25) is 10.1 Å². The van der Waals surface area contributed by atoms with Crippen molar-refractivity contribution in [2.24, 2.45) is 11.3 Å². The summed E-state index contributed by atoms with van der Waals surface area (Å²) in [6.07, 6.45) is 2.59. The van der Waals surface area contributed by atoms with Gasteiger partial charge in [-0.25, -0.2) is 14.6 Å². The number of fused-ring (bicyclic) bond motifs is 3. The Balaban J connectivity index is 1.57. The van der Waals surface area contributed by atoms with Crippen molar-refractivity contribution >= 4 is 40.5 Å². The van der Waals surface area contributed by atoms with Gasteiger partial charge in [0.15, 0.2) is 18.1 Å². The normalized spacial score (nSPS) is 16.9. The van der Waals surface area contributed by atoms with E-state index in [1.807, 2.05) is 47.8 Å². The average molecular weight is 545 g/mol. The van der Waals surface area contributed by atoms with E-state index in [-0.39, 0.29) is 24.7 Å². The number of para-hydroxylation sites is 1. The fourth-order valence-corrected chi connectivity index (χ4v) is 5.09. The Morgan fingerprint density at radius 1 is 1.05 bits per heavy atom. The van der Waals surface area contributed by atoms with Gasteiger partial charge in [0.25, 0.3) is 5.91 Å². The summed E-state index contributed by atoms with van der Waals surface area (Å²) in [5.41, 5.74) is 4.43. The molecule has 1 atom stereocenters. The summed E-state index contributed by atoms with van der Waals surface area (Å²) in [4.78, 5) is 42.4. The molecule has 5 rings (SSSR count). The molecule has 1 N–H and O–H groups in total. The molecular weight excluding hydrogens is 512 g/mol. The highest BCUT2D eigenvalue weighted by molar-refractivity contribution is 6.07. The van der Waals surface area contributed by atoms with Gasteiger partial charge in [-0.15, -0.1) is 0 Å². The van der Waals surface area contributed by atoms with Crippen molar-refractivity contribution in [2.45, 2.75) is 40.5 Å². The number of rotatable bonds is 5. The van der Waals surface area contributed by atoms with Gasteiger partial charge < -0.3 is 18.9 Å². The highest BCUT2D eigenvalue weighted by Crippen LogP contribution is 2.45. The van der Waals surface area contributed by atoms with Crippen LogP contribution in [0.15, 0.2) is 42.5 Å². The van der Waals surface area contributed by atoms with Crippen molar-refractivity contribution in [1.82, 2.24) is 10.3 Å². The molecule has 0 fully saturated rings. The SMILES string of the molecule is CCOC(=O)NC(=O)COC(=O)c1c2c(nc3ccccc13)/C(=C\c1ccc3c(c1)OCO3)CC(C(C)(C)C)C2. The molecule has 1 aromatic heterocycles. The average Bonchev–Trinajstić information content (AvgIpc) is 3.38. The van der Waals surface area contributed by atoms with Gasteiger partial charge in [0.05, 0.1) is 23.4 Å². The first-order valence-electron chi connectivity index (χ1n) is 13.3. The van der Waals surface area contributed by atoms with Gasteiger partial charge in [0.2, 0.25) is 6.79 Å². The van der Waals surface area contributed by atoms with Crippen LogP contribution in [0.3, 0.4) is 0 Å². The molecule has 2 aromatic carbocycles. The summed E-state index contributed by atoms with van der Waals surface area (Å²) in [6.45, 7) is 7.88. The lowest BCUT2D eigenvalue weighted by atomic mass is 9.69. The van der Waals surface area contributed by atoms with Crippen molar-refractivity contribution in [3.63, 3.8) is 0 Å². The largest absolute Gasteiger partial charge is 0.454 e. The lowest BCUT2D eigenvalue weighted by Gasteiger charge is -2.36. The van der Waals surface area contributed by atoms with Crippen molar-refractivity contribution < 1.29 is 33.3 Å².